The number of rotatable bonds is 4. The second kappa shape index (κ2) is 11.5. The van der Waals surface area contributed by atoms with Gasteiger partial charge >= 0.3 is 0 Å². The lowest BCUT2D eigenvalue weighted by molar-refractivity contribution is -0.572. The number of nitro groups is 2. The lowest BCUT2D eigenvalue weighted by Crippen LogP contribution is -2.42. The Hall–Kier alpha value is -1.61. The van der Waals surface area contributed by atoms with Gasteiger partial charge in [0.25, 0.3) is 5.54 Å². The van der Waals surface area contributed by atoms with E-state index in [1.165, 1.54) is 13.8 Å². The Bertz CT molecular complexity index is 205. The lowest BCUT2D eigenvalue weighted by Gasteiger charge is -2.13. The Morgan fingerprint density at radius 1 is 1.19 bits per heavy atom. The fourth-order valence-electron chi connectivity index (χ4n) is 0.165. The van der Waals surface area contributed by atoms with Crippen molar-refractivity contribution in [2.75, 3.05) is 19.8 Å². The van der Waals surface area contributed by atoms with Crippen LogP contribution < -0.4 is 0 Å². The van der Waals surface area contributed by atoms with Crippen LogP contribution in [-0.2, 0) is 4.79 Å². The van der Waals surface area contributed by atoms with Gasteiger partial charge in [0, 0.05) is 23.7 Å². The van der Waals surface area contributed by atoms with Crippen LogP contribution in [0.5, 0.6) is 0 Å². The highest BCUT2D eigenvalue weighted by molar-refractivity contribution is 5.10. The summed E-state index contributed by atoms with van der Waals surface area (Å²) < 4.78 is 0. The number of aliphatic hydroxyl groups excluding tert-OH is 2. The molecule has 0 radical (unpaired) electrons. The molecule has 0 aromatic carbocycles. The van der Waals surface area contributed by atoms with Gasteiger partial charge in [0.15, 0.2) is 0 Å². The van der Waals surface area contributed by atoms with E-state index in [9.17, 15) is 20.2 Å². The first-order chi connectivity index (χ1) is 7.33. The van der Waals surface area contributed by atoms with Crippen LogP contribution in [0.2, 0.25) is 0 Å². The van der Waals surface area contributed by atoms with Gasteiger partial charge in [0.05, 0.1) is 0 Å². The van der Waals surface area contributed by atoms with E-state index in [1.54, 1.807) is 0 Å². The number of carbonyl (C=O) groups excluding carboxylic acids is 1. The van der Waals surface area contributed by atoms with Crippen LogP contribution in [0.4, 0.5) is 0 Å². The van der Waals surface area contributed by atoms with Crippen LogP contribution in [0.1, 0.15) is 13.8 Å². The van der Waals surface area contributed by atoms with Crippen molar-refractivity contribution in [1.82, 2.24) is 0 Å². The van der Waals surface area contributed by atoms with Gasteiger partial charge in [-0.25, -0.2) is 0 Å². The van der Waals surface area contributed by atoms with E-state index in [-0.39, 0.29) is 11.5 Å². The molecule has 0 aliphatic carbocycles. The molecule has 0 aliphatic heterocycles. The zero-order chi connectivity index (χ0) is 13.8. The van der Waals surface area contributed by atoms with Crippen LogP contribution in [0.3, 0.4) is 0 Å². The van der Waals surface area contributed by atoms with Gasteiger partial charge < -0.3 is 15.0 Å². The zero-order valence-electron chi connectivity index (χ0n) is 9.16. The maximum absolute atomic E-state index is 9.97. The highest BCUT2D eigenvalue weighted by Crippen LogP contribution is 2.04. The molecule has 0 heterocycles. The summed E-state index contributed by atoms with van der Waals surface area (Å²) in [6.07, 6.45) is 0. The summed E-state index contributed by atoms with van der Waals surface area (Å²) in [6, 6.07) is 0. The molecule has 0 fully saturated rings. The molecule has 0 unspecified atom stereocenters. The number of hydrogen-bond acceptors (Lipinski definition) is 7. The van der Waals surface area contributed by atoms with Gasteiger partial charge in [-0.05, 0) is 0 Å². The van der Waals surface area contributed by atoms with Gasteiger partial charge in [-0.3, -0.25) is 20.2 Å². The number of carbonyl (C=O) groups is 1. The summed E-state index contributed by atoms with van der Waals surface area (Å²) in [6.45, 7) is 3.42. The summed E-state index contributed by atoms with van der Waals surface area (Å²) in [5, 5.41) is 35.9. The third-order valence-electron chi connectivity index (χ3n) is 1.38. The van der Waals surface area contributed by atoms with Crippen molar-refractivity contribution >= 4 is 6.79 Å². The van der Waals surface area contributed by atoms with Crippen LogP contribution in [0.15, 0.2) is 0 Å². The number of hydrogen-bond donors (Lipinski definition) is 2. The first-order valence-corrected chi connectivity index (χ1v) is 4.11. The monoisotopic (exact) mass is 240 g/mol. The topological polar surface area (TPSA) is 144 Å². The molecule has 0 saturated carbocycles. The molecule has 9 heteroatoms. The smallest absolute Gasteiger partial charge is 0.264 e. The van der Waals surface area contributed by atoms with Crippen molar-refractivity contribution < 1.29 is 24.9 Å². The molecule has 0 spiro atoms. The van der Waals surface area contributed by atoms with Crippen molar-refractivity contribution in [3.8, 4) is 0 Å². The molecule has 9 nitrogen and oxygen atoms in total. The van der Waals surface area contributed by atoms with Crippen LogP contribution in [0.25, 0.3) is 0 Å². The number of aliphatic hydroxyl groups is 2. The SMILES string of the molecule is C=O.CC(CO)(CO)[N+](=O)[O-].CC[N+](=O)[O-]. The van der Waals surface area contributed by atoms with E-state index >= 15 is 0 Å². The normalized spacial score (nSPS) is 9.00. The quantitative estimate of drug-likeness (QED) is 0.478. The van der Waals surface area contributed by atoms with Gasteiger partial charge in [-0.15, -0.1) is 0 Å². The second-order valence-electron chi connectivity index (χ2n) is 2.72. The van der Waals surface area contributed by atoms with Crippen molar-refractivity contribution in [2.24, 2.45) is 0 Å². The van der Waals surface area contributed by atoms with Crippen LogP contribution in [-0.4, -0.2) is 52.1 Å². The highest BCUT2D eigenvalue weighted by atomic mass is 16.6. The number of nitrogens with zero attached hydrogens (tertiary/aromatic N) is 2. The highest BCUT2D eigenvalue weighted by Gasteiger charge is 2.35. The van der Waals surface area contributed by atoms with E-state index < -0.39 is 23.7 Å². The largest absolute Gasteiger partial charge is 0.389 e. The van der Waals surface area contributed by atoms with E-state index in [1.807, 2.05) is 6.79 Å². The Morgan fingerprint density at radius 3 is 1.44 bits per heavy atom. The molecular weight excluding hydrogens is 224 g/mol. The van der Waals surface area contributed by atoms with Crippen molar-refractivity contribution in [1.29, 1.82) is 0 Å². The first kappa shape index (κ1) is 19.9. The van der Waals surface area contributed by atoms with Gasteiger partial charge in [-0.1, -0.05) is 0 Å². The van der Waals surface area contributed by atoms with Crippen molar-refractivity contribution in [3.63, 3.8) is 0 Å². The standard InChI is InChI=1S/C4H9NO4.C2H5NO2.CH2O/c1-4(2-6,3-7)5(8)9;1-2-3(4)5;1-2/h6-7H,2-3H2,1H3;2H2,1H3;1H2. The summed E-state index contributed by atoms with van der Waals surface area (Å²) in [7, 11) is 0. The van der Waals surface area contributed by atoms with Gasteiger partial charge in [0.2, 0.25) is 6.54 Å². The van der Waals surface area contributed by atoms with Gasteiger partial charge in [-0.2, -0.15) is 0 Å². The lowest BCUT2D eigenvalue weighted by atomic mass is 10.1. The predicted molar refractivity (Wildman–Crippen MR) is 54.2 cm³/mol. The summed E-state index contributed by atoms with van der Waals surface area (Å²) >= 11 is 0. The third-order valence-corrected chi connectivity index (χ3v) is 1.38. The molecule has 0 aliphatic rings. The Balaban J connectivity index is -0.000000205. The molecule has 96 valence electrons. The van der Waals surface area contributed by atoms with Crippen LogP contribution >= 0.6 is 0 Å². The molecule has 0 rings (SSSR count). The molecule has 0 aromatic heterocycles. The minimum atomic E-state index is -1.58. The van der Waals surface area contributed by atoms with Crippen LogP contribution in [0, 0.1) is 20.2 Å². The molecule has 0 amide bonds. The summed E-state index contributed by atoms with van der Waals surface area (Å²) in [5.74, 6) is 0. The zero-order valence-corrected chi connectivity index (χ0v) is 9.16. The van der Waals surface area contributed by atoms with Crippen molar-refractivity contribution in [2.45, 2.75) is 19.4 Å². The fraction of sp³-hybridized carbons (Fsp3) is 0.857. The minimum absolute atomic E-state index is 0.0278. The third kappa shape index (κ3) is 10.5. The first-order valence-electron chi connectivity index (χ1n) is 4.11. The van der Waals surface area contributed by atoms with E-state index in [0.29, 0.717) is 0 Å². The van der Waals surface area contributed by atoms with E-state index in [2.05, 4.69) is 0 Å². The minimum Gasteiger partial charge on any atom is -0.389 e. The molecule has 16 heavy (non-hydrogen) atoms. The summed E-state index contributed by atoms with van der Waals surface area (Å²) in [4.78, 5) is 26.1. The fourth-order valence-corrected chi connectivity index (χ4v) is 0.165. The summed E-state index contributed by atoms with van der Waals surface area (Å²) in [5.41, 5.74) is -1.58. The maximum Gasteiger partial charge on any atom is 0.264 e. The Labute approximate surface area is 92.0 Å². The molecule has 0 bridgehead atoms. The molecular formula is C7H16N2O7. The van der Waals surface area contributed by atoms with E-state index in [0.717, 1.165) is 0 Å². The molecule has 0 aromatic rings. The Kier molecular flexibility index (Phi) is 14.3. The van der Waals surface area contributed by atoms with Crippen molar-refractivity contribution in [3.05, 3.63) is 20.2 Å². The second-order valence-corrected chi connectivity index (χ2v) is 2.72. The average molecular weight is 240 g/mol. The predicted octanol–water partition coefficient (Wildman–Crippen LogP) is -0.895. The maximum atomic E-state index is 9.97. The average Bonchev–Trinajstić information content (AvgIpc) is 2.31. The van der Waals surface area contributed by atoms with Gasteiger partial charge in [0.1, 0.15) is 20.0 Å². The van der Waals surface area contributed by atoms with E-state index in [4.69, 9.17) is 15.0 Å². The molecule has 0 atom stereocenters. The molecule has 2 N–H and O–H groups in total. The molecule has 0 saturated heterocycles. The Morgan fingerprint density at radius 2 is 1.44 bits per heavy atom.